The second-order valence-corrected chi connectivity index (χ2v) is 5.53. The van der Waals surface area contributed by atoms with Gasteiger partial charge >= 0.3 is 5.97 Å². The van der Waals surface area contributed by atoms with Gasteiger partial charge in [0.25, 0.3) is 5.91 Å². The monoisotopic (exact) mass is 299 g/mol. The molecule has 1 heterocycles. The minimum atomic E-state index is -0.976. The molecule has 6 heteroatoms. The summed E-state index contributed by atoms with van der Waals surface area (Å²) in [6.07, 6.45) is 3.97. The van der Waals surface area contributed by atoms with Crippen LogP contribution in [0.1, 0.15) is 50.7 Å². The number of aromatic carboxylic acids is 1. The fourth-order valence-corrected chi connectivity index (χ4v) is 2.51. The van der Waals surface area contributed by atoms with Crippen LogP contribution in [0.25, 0.3) is 0 Å². The number of hydrogen-bond acceptors (Lipinski definition) is 3. The number of amides is 1. The number of carboxylic acids is 1. The molecule has 1 aromatic carbocycles. The van der Waals surface area contributed by atoms with Crippen LogP contribution in [0.2, 0.25) is 0 Å². The lowest BCUT2D eigenvalue weighted by Crippen LogP contribution is -2.26. The average molecular weight is 299 g/mol. The summed E-state index contributed by atoms with van der Waals surface area (Å²) in [5, 5.41) is 16.0. The zero-order valence-corrected chi connectivity index (χ0v) is 12.2. The third kappa shape index (κ3) is 2.86. The van der Waals surface area contributed by atoms with Crippen LogP contribution in [0.5, 0.6) is 0 Å². The predicted molar refractivity (Wildman–Crippen MR) is 79.8 cm³/mol. The van der Waals surface area contributed by atoms with E-state index in [2.05, 4.69) is 10.4 Å². The Kier molecular flexibility index (Phi) is 3.66. The maximum Gasteiger partial charge on any atom is 0.335 e. The molecule has 0 saturated heterocycles. The lowest BCUT2D eigenvalue weighted by atomic mass is 10.1. The Morgan fingerprint density at radius 3 is 2.86 bits per heavy atom. The van der Waals surface area contributed by atoms with Gasteiger partial charge in [0.1, 0.15) is 5.69 Å². The van der Waals surface area contributed by atoms with Gasteiger partial charge in [-0.1, -0.05) is 12.1 Å². The molecule has 0 atom stereocenters. The standard InChI is InChI=1S/C16H17N3O3/c1-19-14(13(9-18-19)11-5-6-11)15(20)17-8-10-3-2-4-12(7-10)16(21)22/h2-4,7,9,11H,5-6,8H2,1H3,(H,17,20)(H,21,22). The molecule has 0 spiro atoms. The highest BCUT2D eigenvalue weighted by molar-refractivity contribution is 5.94. The van der Waals surface area contributed by atoms with Gasteiger partial charge in [-0.15, -0.1) is 0 Å². The molecular formula is C16H17N3O3. The third-order valence-electron chi connectivity index (χ3n) is 3.83. The minimum Gasteiger partial charge on any atom is -0.478 e. The molecule has 1 fully saturated rings. The molecule has 0 aliphatic heterocycles. The van der Waals surface area contributed by atoms with E-state index < -0.39 is 5.97 Å². The Bertz CT molecular complexity index is 732. The van der Waals surface area contributed by atoms with Crippen molar-refractivity contribution in [2.24, 2.45) is 7.05 Å². The SMILES string of the molecule is Cn1ncc(C2CC2)c1C(=O)NCc1cccc(C(=O)O)c1. The first-order valence-electron chi connectivity index (χ1n) is 7.18. The van der Waals surface area contributed by atoms with Gasteiger partial charge in [-0.05, 0) is 36.5 Å². The van der Waals surface area contributed by atoms with E-state index in [-0.39, 0.29) is 18.0 Å². The van der Waals surface area contributed by atoms with Gasteiger partial charge in [-0.3, -0.25) is 9.48 Å². The molecule has 2 N–H and O–H groups in total. The van der Waals surface area contributed by atoms with E-state index >= 15 is 0 Å². The number of benzene rings is 1. The van der Waals surface area contributed by atoms with Gasteiger partial charge < -0.3 is 10.4 Å². The van der Waals surface area contributed by atoms with Crippen molar-refractivity contribution >= 4 is 11.9 Å². The van der Waals surface area contributed by atoms with Crippen LogP contribution in [0.3, 0.4) is 0 Å². The molecular weight excluding hydrogens is 282 g/mol. The zero-order chi connectivity index (χ0) is 15.7. The molecule has 1 amide bonds. The van der Waals surface area contributed by atoms with Gasteiger partial charge in [-0.25, -0.2) is 4.79 Å². The largest absolute Gasteiger partial charge is 0.478 e. The molecule has 1 saturated carbocycles. The van der Waals surface area contributed by atoms with Crippen LogP contribution in [0, 0.1) is 0 Å². The molecule has 1 aliphatic carbocycles. The van der Waals surface area contributed by atoms with Gasteiger partial charge in [0.2, 0.25) is 0 Å². The van der Waals surface area contributed by atoms with Gasteiger partial charge in [0, 0.05) is 19.2 Å². The highest BCUT2D eigenvalue weighted by Crippen LogP contribution is 2.41. The van der Waals surface area contributed by atoms with Gasteiger partial charge in [0.15, 0.2) is 0 Å². The zero-order valence-electron chi connectivity index (χ0n) is 12.2. The molecule has 0 bridgehead atoms. The van der Waals surface area contributed by atoms with Crippen molar-refractivity contribution in [3.63, 3.8) is 0 Å². The van der Waals surface area contributed by atoms with E-state index in [1.54, 1.807) is 36.1 Å². The van der Waals surface area contributed by atoms with Crippen LogP contribution in [0.15, 0.2) is 30.5 Å². The molecule has 22 heavy (non-hydrogen) atoms. The highest BCUT2D eigenvalue weighted by Gasteiger charge is 2.30. The lowest BCUT2D eigenvalue weighted by molar-refractivity contribution is 0.0696. The van der Waals surface area contributed by atoms with Crippen LogP contribution in [0.4, 0.5) is 0 Å². The maximum atomic E-state index is 12.4. The fourth-order valence-electron chi connectivity index (χ4n) is 2.51. The van der Waals surface area contributed by atoms with Crippen molar-refractivity contribution in [3.8, 4) is 0 Å². The van der Waals surface area contributed by atoms with E-state index in [9.17, 15) is 9.59 Å². The average Bonchev–Trinajstić information content (AvgIpc) is 3.28. The van der Waals surface area contributed by atoms with Gasteiger partial charge in [-0.2, -0.15) is 5.10 Å². The fraction of sp³-hybridized carbons (Fsp3) is 0.312. The van der Waals surface area contributed by atoms with Crippen LogP contribution < -0.4 is 5.32 Å². The summed E-state index contributed by atoms with van der Waals surface area (Å²) in [5.74, 6) is -0.705. The second-order valence-electron chi connectivity index (χ2n) is 5.53. The molecule has 114 valence electrons. The van der Waals surface area contributed by atoms with Crippen molar-refractivity contribution in [2.45, 2.75) is 25.3 Å². The summed E-state index contributed by atoms with van der Waals surface area (Å²) in [6.45, 7) is 0.287. The number of aryl methyl sites for hydroxylation is 1. The molecule has 1 aliphatic rings. The Morgan fingerprint density at radius 1 is 1.41 bits per heavy atom. The maximum absolute atomic E-state index is 12.4. The summed E-state index contributed by atoms with van der Waals surface area (Å²) in [7, 11) is 1.76. The molecule has 0 radical (unpaired) electrons. The molecule has 2 aromatic rings. The predicted octanol–water partition coefficient (Wildman–Crippen LogP) is 1.93. The number of hydrogen-bond donors (Lipinski definition) is 2. The normalized spacial score (nSPS) is 13.9. The Hall–Kier alpha value is -2.63. The smallest absolute Gasteiger partial charge is 0.335 e. The van der Waals surface area contributed by atoms with E-state index in [1.165, 1.54) is 6.07 Å². The summed E-state index contributed by atoms with van der Waals surface area (Å²) < 4.78 is 1.59. The van der Waals surface area contributed by atoms with Crippen molar-refractivity contribution in [1.29, 1.82) is 0 Å². The van der Waals surface area contributed by atoms with Crippen LogP contribution in [-0.4, -0.2) is 26.8 Å². The quantitative estimate of drug-likeness (QED) is 0.883. The van der Waals surface area contributed by atoms with E-state index in [0.717, 1.165) is 24.0 Å². The van der Waals surface area contributed by atoms with Crippen LogP contribution in [-0.2, 0) is 13.6 Å². The van der Waals surface area contributed by atoms with Crippen molar-refractivity contribution < 1.29 is 14.7 Å². The summed E-state index contributed by atoms with van der Waals surface area (Å²) in [6, 6.07) is 6.55. The Morgan fingerprint density at radius 2 is 2.18 bits per heavy atom. The number of aromatic nitrogens is 2. The number of nitrogens with one attached hydrogen (secondary N) is 1. The molecule has 6 nitrogen and oxygen atoms in total. The number of rotatable bonds is 5. The first-order chi connectivity index (χ1) is 10.6. The van der Waals surface area contributed by atoms with E-state index in [4.69, 9.17) is 5.11 Å². The summed E-state index contributed by atoms with van der Waals surface area (Å²) >= 11 is 0. The van der Waals surface area contributed by atoms with Crippen LogP contribution >= 0.6 is 0 Å². The van der Waals surface area contributed by atoms with E-state index in [0.29, 0.717) is 11.6 Å². The molecule has 3 rings (SSSR count). The number of nitrogens with zero attached hydrogens (tertiary/aromatic N) is 2. The van der Waals surface area contributed by atoms with Crippen molar-refractivity contribution in [2.75, 3.05) is 0 Å². The number of carbonyl (C=O) groups excluding carboxylic acids is 1. The Balaban J connectivity index is 1.71. The first kappa shape index (κ1) is 14.3. The van der Waals surface area contributed by atoms with Crippen molar-refractivity contribution in [3.05, 3.63) is 52.8 Å². The second kappa shape index (κ2) is 5.63. The Labute approximate surface area is 127 Å². The lowest BCUT2D eigenvalue weighted by Gasteiger charge is -2.08. The number of carboxylic acid groups (broad SMARTS) is 1. The highest BCUT2D eigenvalue weighted by atomic mass is 16.4. The molecule has 1 aromatic heterocycles. The third-order valence-corrected chi connectivity index (χ3v) is 3.83. The van der Waals surface area contributed by atoms with Gasteiger partial charge in [0.05, 0.1) is 11.8 Å². The van der Waals surface area contributed by atoms with Crippen molar-refractivity contribution in [1.82, 2.24) is 15.1 Å². The van der Waals surface area contributed by atoms with E-state index in [1.807, 2.05) is 0 Å². The first-order valence-corrected chi connectivity index (χ1v) is 7.18. The topological polar surface area (TPSA) is 84.2 Å². The summed E-state index contributed by atoms with van der Waals surface area (Å²) in [4.78, 5) is 23.3. The molecule has 0 unspecified atom stereocenters. The number of carbonyl (C=O) groups is 2. The summed E-state index contributed by atoms with van der Waals surface area (Å²) in [5.41, 5.74) is 2.56. The minimum absolute atomic E-state index is 0.178.